The van der Waals surface area contributed by atoms with Gasteiger partial charge in [0, 0.05) is 17.8 Å². The van der Waals surface area contributed by atoms with Crippen molar-refractivity contribution in [1.82, 2.24) is 0 Å². The molecule has 0 saturated heterocycles. The summed E-state index contributed by atoms with van der Waals surface area (Å²) in [6.45, 7) is 5.36. The Morgan fingerprint density at radius 3 is 1.93 bits per heavy atom. The second-order valence-corrected chi connectivity index (χ2v) is 7.90. The van der Waals surface area contributed by atoms with Crippen LogP contribution in [0, 0.1) is 23.7 Å². The maximum Gasteiger partial charge on any atom is 0.201 e. The minimum atomic E-state index is -2.46. The Morgan fingerprint density at radius 2 is 1.41 bits per heavy atom. The highest BCUT2D eigenvalue weighted by Crippen LogP contribution is 2.59. The standard InChI is InChI=1S/C25H22F2O2/c1-3-20-22-19(14-15-21(28)25(22,27)18-12-8-5-9-13-18)16(2)23(29)24(20,26)17-10-6-4-7-11-17/h3-16,19-20,22H,1H2,2H3/t16-,19+,20+,22+,24-,25+/m1/s1. The Kier molecular flexibility index (Phi) is 4.60. The van der Waals surface area contributed by atoms with Gasteiger partial charge in [0.1, 0.15) is 0 Å². The van der Waals surface area contributed by atoms with E-state index in [1.54, 1.807) is 49.4 Å². The fraction of sp³-hybridized carbons (Fsp3) is 0.280. The zero-order chi connectivity index (χ0) is 20.8. The lowest BCUT2D eigenvalue weighted by Crippen LogP contribution is -2.60. The first-order chi connectivity index (χ1) is 13.9. The van der Waals surface area contributed by atoms with Crippen molar-refractivity contribution in [3.63, 3.8) is 0 Å². The van der Waals surface area contributed by atoms with Crippen LogP contribution in [0.3, 0.4) is 0 Å². The van der Waals surface area contributed by atoms with Crippen LogP contribution < -0.4 is 0 Å². The Hall–Kier alpha value is -2.88. The second-order valence-electron chi connectivity index (χ2n) is 7.90. The molecule has 2 aromatic carbocycles. The fourth-order valence-electron chi connectivity index (χ4n) is 5.09. The van der Waals surface area contributed by atoms with Crippen molar-refractivity contribution < 1.29 is 18.4 Å². The van der Waals surface area contributed by atoms with Crippen molar-refractivity contribution in [2.45, 2.75) is 18.3 Å². The number of allylic oxidation sites excluding steroid dienone is 3. The third-order valence-electron chi connectivity index (χ3n) is 6.54. The Balaban J connectivity index is 1.97. The number of fused-ring (bicyclic) bond motifs is 1. The minimum Gasteiger partial charge on any atom is -0.295 e. The molecule has 1 saturated carbocycles. The van der Waals surface area contributed by atoms with E-state index in [0.717, 1.165) is 0 Å². The summed E-state index contributed by atoms with van der Waals surface area (Å²) in [4.78, 5) is 26.1. The third kappa shape index (κ3) is 2.58. The van der Waals surface area contributed by atoms with Gasteiger partial charge in [0.05, 0.1) is 0 Å². The average Bonchev–Trinajstić information content (AvgIpc) is 2.76. The van der Waals surface area contributed by atoms with E-state index in [1.165, 1.54) is 36.4 Å². The van der Waals surface area contributed by atoms with Gasteiger partial charge in [0.2, 0.25) is 11.3 Å². The molecule has 0 heterocycles. The van der Waals surface area contributed by atoms with Gasteiger partial charge < -0.3 is 0 Å². The van der Waals surface area contributed by atoms with Crippen molar-refractivity contribution in [3.8, 4) is 0 Å². The Morgan fingerprint density at radius 1 is 0.897 bits per heavy atom. The molecular formula is C25H22F2O2. The van der Waals surface area contributed by atoms with Crippen molar-refractivity contribution in [2.75, 3.05) is 0 Å². The summed E-state index contributed by atoms with van der Waals surface area (Å²) in [6.07, 6.45) is 4.07. The van der Waals surface area contributed by atoms with E-state index < -0.39 is 46.6 Å². The van der Waals surface area contributed by atoms with E-state index in [9.17, 15) is 9.59 Å². The van der Waals surface area contributed by atoms with E-state index in [1.807, 2.05) is 0 Å². The molecule has 4 rings (SSSR count). The molecule has 29 heavy (non-hydrogen) atoms. The van der Waals surface area contributed by atoms with Crippen molar-refractivity contribution >= 4 is 11.6 Å². The molecule has 0 radical (unpaired) electrons. The summed E-state index contributed by atoms with van der Waals surface area (Å²) in [5.74, 6) is -5.01. The van der Waals surface area contributed by atoms with Gasteiger partial charge in [-0.1, -0.05) is 79.7 Å². The molecule has 0 aromatic heterocycles. The van der Waals surface area contributed by atoms with Gasteiger partial charge in [-0.15, -0.1) is 6.58 Å². The lowest BCUT2D eigenvalue weighted by Gasteiger charge is -2.52. The number of halogens is 2. The maximum atomic E-state index is 16.7. The summed E-state index contributed by atoms with van der Waals surface area (Å²) in [7, 11) is 0. The van der Waals surface area contributed by atoms with Crippen LogP contribution in [0.5, 0.6) is 0 Å². The first kappa shape index (κ1) is 19.4. The minimum absolute atomic E-state index is 0.164. The van der Waals surface area contributed by atoms with E-state index in [-0.39, 0.29) is 11.1 Å². The highest BCUT2D eigenvalue weighted by atomic mass is 19.1. The zero-order valence-electron chi connectivity index (χ0n) is 16.1. The van der Waals surface area contributed by atoms with Crippen LogP contribution in [0.15, 0.2) is 85.5 Å². The molecule has 2 aliphatic rings. The fourth-order valence-corrected chi connectivity index (χ4v) is 5.09. The summed E-state index contributed by atoms with van der Waals surface area (Å²) in [5, 5.41) is 0. The molecule has 2 nitrogen and oxygen atoms in total. The van der Waals surface area contributed by atoms with Crippen LogP contribution in [0.2, 0.25) is 0 Å². The van der Waals surface area contributed by atoms with Gasteiger partial charge in [0.15, 0.2) is 11.6 Å². The molecular weight excluding hydrogens is 370 g/mol. The zero-order valence-corrected chi connectivity index (χ0v) is 16.1. The molecule has 148 valence electrons. The van der Waals surface area contributed by atoms with Crippen molar-refractivity contribution in [2.24, 2.45) is 23.7 Å². The molecule has 4 heteroatoms. The summed E-state index contributed by atoms with van der Waals surface area (Å²) >= 11 is 0. The van der Waals surface area contributed by atoms with E-state index in [4.69, 9.17) is 0 Å². The molecule has 2 aromatic rings. The summed E-state index contributed by atoms with van der Waals surface area (Å²) in [6, 6.07) is 16.2. The Bertz CT molecular complexity index is 984. The monoisotopic (exact) mass is 392 g/mol. The number of Topliss-reactive ketones (excluding diaryl/α,β-unsaturated/α-hetero) is 1. The highest BCUT2D eigenvalue weighted by molar-refractivity contribution is 6.01. The van der Waals surface area contributed by atoms with Crippen LogP contribution in [0.25, 0.3) is 0 Å². The number of hydrogen-bond donors (Lipinski definition) is 0. The normalized spacial score (nSPS) is 36.5. The SMILES string of the molecule is C=C[C@H]1[C@@H]2[C@@H](C=CC(=O)[C@@]2(F)c2ccccc2)[C@@H](C)C(=O)[C@@]1(F)c1ccccc1. The predicted octanol–water partition coefficient (Wildman–Crippen LogP) is 5.11. The molecule has 0 bridgehead atoms. The Labute approximate surface area is 168 Å². The van der Waals surface area contributed by atoms with Gasteiger partial charge in [0.25, 0.3) is 0 Å². The van der Waals surface area contributed by atoms with Gasteiger partial charge in [-0.05, 0) is 23.1 Å². The first-order valence-electron chi connectivity index (χ1n) is 9.75. The number of carbonyl (C=O) groups excluding carboxylic acids is 2. The lowest BCUT2D eigenvalue weighted by atomic mass is 9.51. The van der Waals surface area contributed by atoms with Crippen molar-refractivity contribution in [1.29, 1.82) is 0 Å². The summed E-state index contributed by atoms with van der Waals surface area (Å²) in [5.41, 5.74) is -4.56. The topological polar surface area (TPSA) is 34.1 Å². The van der Waals surface area contributed by atoms with Crippen LogP contribution >= 0.6 is 0 Å². The smallest absolute Gasteiger partial charge is 0.201 e. The van der Waals surface area contributed by atoms with E-state index in [0.29, 0.717) is 0 Å². The van der Waals surface area contributed by atoms with E-state index >= 15 is 8.78 Å². The summed E-state index contributed by atoms with van der Waals surface area (Å²) < 4.78 is 33.4. The highest BCUT2D eigenvalue weighted by Gasteiger charge is 2.66. The molecule has 1 fully saturated rings. The van der Waals surface area contributed by atoms with Crippen LogP contribution in [0.4, 0.5) is 8.78 Å². The number of rotatable bonds is 3. The van der Waals surface area contributed by atoms with Crippen molar-refractivity contribution in [3.05, 3.63) is 96.6 Å². The number of hydrogen-bond acceptors (Lipinski definition) is 2. The lowest BCUT2D eigenvalue weighted by molar-refractivity contribution is -0.162. The van der Waals surface area contributed by atoms with Gasteiger partial charge in [-0.3, -0.25) is 9.59 Å². The van der Waals surface area contributed by atoms with Gasteiger partial charge in [-0.25, -0.2) is 8.78 Å². The second kappa shape index (κ2) is 6.87. The largest absolute Gasteiger partial charge is 0.295 e. The van der Waals surface area contributed by atoms with Crippen LogP contribution in [0.1, 0.15) is 18.1 Å². The number of benzene rings is 2. The van der Waals surface area contributed by atoms with Crippen LogP contribution in [-0.4, -0.2) is 11.6 Å². The average molecular weight is 392 g/mol. The molecule has 2 aliphatic carbocycles. The predicted molar refractivity (Wildman–Crippen MR) is 107 cm³/mol. The number of alkyl halides is 2. The third-order valence-corrected chi connectivity index (χ3v) is 6.54. The number of ketones is 2. The number of carbonyl (C=O) groups is 2. The molecule has 0 unspecified atom stereocenters. The van der Waals surface area contributed by atoms with Gasteiger partial charge in [-0.2, -0.15) is 0 Å². The van der Waals surface area contributed by atoms with Gasteiger partial charge >= 0.3 is 0 Å². The molecule has 0 aliphatic heterocycles. The van der Waals surface area contributed by atoms with Crippen LogP contribution in [-0.2, 0) is 20.9 Å². The first-order valence-corrected chi connectivity index (χ1v) is 9.75. The molecule has 0 spiro atoms. The molecule has 0 N–H and O–H groups in total. The molecule has 6 atom stereocenters. The molecule has 0 amide bonds. The quantitative estimate of drug-likeness (QED) is 0.681. The van der Waals surface area contributed by atoms with E-state index in [2.05, 4.69) is 6.58 Å². The maximum absolute atomic E-state index is 16.7.